The Bertz CT molecular complexity index is 426. The van der Waals surface area contributed by atoms with E-state index in [2.05, 4.69) is 29.5 Å². The molecular formula is C19H35N3O2. The summed E-state index contributed by atoms with van der Waals surface area (Å²) in [6, 6.07) is 0.928. The quantitative estimate of drug-likeness (QED) is 0.533. The van der Waals surface area contributed by atoms with Crippen LogP contribution in [0.3, 0.4) is 0 Å². The van der Waals surface area contributed by atoms with Crippen molar-refractivity contribution in [1.29, 1.82) is 0 Å². The second-order valence-electron chi connectivity index (χ2n) is 7.79. The summed E-state index contributed by atoms with van der Waals surface area (Å²) >= 11 is 0. The predicted molar refractivity (Wildman–Crippen MR) is 97.2 cm³/mol. The van der Waals surface area contributed by atoms with Crippen LogP contribution in [-0.2, 0) is 4.74 Å². The fraction of sp³-hybridized carbons (Fsp3) is 0.947. The van der Waals surface area contributed by atoms with Crippen molar-refractivity contribution in [2.75, 3.05) is 13.2 Å². The lowest BCUT2D eigenvalue weighted by Crippen LogP contribution is -2.65. The summed E-state index contributed by atoms with van der Waals surface area (Å²) in [6.45, 7) is 5.80. The molecular weight excluding hydrogens is 302 g/mol. The van der Waals surface area contributed by atoms with Gasteiger partial charge in [0.25, 0.3) is 0 Å². The van der Waals surface area contributed by atoms with Gasteiger partial charge in [0.1, 0.15) is 0 Å². The monoisotopic (exact) mass is 337 g/mol. The number of nitrogens with zero attached hydrogens (tertiary/aromatic N) is 1. The van der Waals surface area contributed by atoms with Gasteiger partial charge in [0.05, 0.1) is 12.2 Å². The largest absolute Gasteiger partial charge is 0.393 e. The van der Waals surface area contributed by atoms with Crippen LogP contribution in [0.25, 0.3) is 0 Å². The number of aliphatic hydroxyl groups excluding tert-OH is 1. The normalized spacial score (nSPS) is 35.7. The number of hydrogen-bond donors (Lipinski definition) is 3. The summed E-state index contributed by atoms with van der Waals surface area (Å²) in [5.74, 6) is 0.963. The fourth-order valence-electron chi connectivity index (χ4n) is 4.96. The van der Waals surface area contributed by atoms with Crippen LogP contribution in [0.4, 0.5) is 0 Å². The number of rotatable bonds is 5. The molecule has 3 saturated carbocycles. The molecule has 5 nitrogen and oxygen atoms in total. The highest BCUT2D eigenvalue weighted by molar-refractivity contribution is 5.80. The number of nitrogens with one attached hydrogen (secondary N) is 2. The zero-order valence-electron chi connectivity index (χ0n) is 15.4. The van der Waals surface area contributed by atoms with Gasteiger partial charge in [0.15, 0.2) is 5.96 Å². The van der Waals surface area contributed by atoms with E-state index in [9.17, 15) is 5.11 Å². The van der Waals surface area contributed by atoms with Crippen LogP contribution in [0.15, 0.2) is 4.99 Å². The van der Waals surface area contributed by atoms with Crippen molar-refractivity contribution >= 4 is 5.96 Å². The van der Waals surface area contributed by atoms with Gasteiger partial charge in [0.2, 0.25) is 0 Å². The Labute approximate surface area is 146 Å². The van der Waals surface area contributed by atoms with E-state index in [1.54, 1.807) is 0 Å². The van der Waals surface area contributed by atoms with Gasteiger partial charge in [-0.05, 0) is 58.8 Å². The number of guanidine groups is 1. The Morgan fingerprint density at radius 1 is 1.12 bits per heavy atom. The van der Waals surface area contributed by atoms with E-state index in [4.69, 9.17) is 4.74 Å². The molecule has 0 amide bonds. The first-order valence-electron chi connectivity index (χ1n) is 10.0. The highest BCUT2D eigenvalue weighted by Crippen LogP contribution is 2.54. The second kappa shape index (κ2) is 8.05. The van der Waals surface area contributed by atoms with Gasteiger partial charge in [-0.3, -0.25) is 4.99 Å². The highest BCUT2D eigenvalue weighted by Gasteiger charge is 2.57. The van der Waals surface area contributed by atoms with Gasteiger partial charge in [-0.1, -0.05) is 12.8 Å². The molecule has 3 aliphatic rings. The molecule has 2 unspecified atom stereocenters. The third-order valence-electron chi connectivity index (χ3n) is 6.35. The summed E-state index contributed by atoms with van der Waals surface area (Å²) in [5, 5.41) is 17.0. The minimum Gasteiger partial charge on any atom is -0.393 e. The Kier molecular flexibility index (Phi) is 6.03. The molecule has 24 heavy (non-hydrogen) atoms. The second-order valence-corrected chi connectivity index (χ2v) is 7.79. The Hall–Kier alpha value is -0.810. The Morgan fingerprint density at radius 3 is 2.46 bits per heavy atom. The minimum atomic E-state index is -0.108. The van der Waals surface area contributed by atoms with Crippen LogP contribution >= 0.6 is 0 Å². The van der Waals surface area contributed by atoms with Crippen molar-refractivity contribution in [3.05, 3.63) is 0 Å². The topological polar surface area (TPSA) is 65.9 Å². The van der Waals surface area contributed by atoms with Crippen molar-refractivity contribution in [1.82, 2.24) is 10.6 Å². The first kappa shape index (κ1) is 18.0. The van der Waals surface area contributed by atoms with Crippen molar-refractivity contribution in [2.45, 2.75) is 95.9 Å². The number of aliphatic imine (C=N–C) groups is 1. The molecule has 3 N–H and O–H groups in total. The van der Waals surface area contributed by atoms with Gasteiger partial charge >= 0.3 is 0 Å². The molecule has 0 aromatic carbocycles. The van der Waals surface area contributed by atoms with E-state index in [1.165, 1.54) is 25.7 Å². The van der Waals surface area contributed by atoms with Crippen molar-refractivity contribution in [3.8, 4) is 0 Å². The van der Waals surface area contributed by atoms with Gasteiger partial charge in [0, 0.05) is 30.7 Å². The van der Waals surface area contributed by atoms with Crippen LogP contribution in [0.2, 0.25) is 0 Å². The zero-order valence-corrected chi connectivity index (χ0v) is 15.4. The minimum absolute atomic E-state index is 0.108. The van der Waals surface area contributed by atoms with E-state index in [0.717, 1.165) is 51.2 Å². The third kappa shape index (κ3) is 3.72. The van der Waals surface area contributed by atoms with Crippen molar-refractivity contribution in [2.24, 2.45) is 10.4 Å². The molecule has 1 spiro atoms. The average Bonchev–Trinajstić information content (AvgIpc) is 3.09. The fourth-order valence-corrected chi connectivity index (χ4v) is 4.96. The van der Waals surface area contributed by atoms with Crippen molar-refractivity contribution < 1.29 is 9.84 Å². The Balaban J connectivity index is 1.58. The highest BCUT2D eigenvalue weighted by atomic mass is 16.5. The van der Waals surface area contributed by atoms with E-state index >= 15 is 0 Å². The smallest absolute Gasteiger partial charge is 0.191 e. The summed E-state index contributed by atoms with van der Waals surface area (Å²) in [7, 11) is 0. The van der Waals surface area contributed by atoms with E-state index in [1.807, 2.05) is 0 Å². The van der Waals surface area contributed by atoms with Gasteiger partial charge < -0.3 is 20.5 Å². The third-order valence-corrected chi connectivity index (χ3v) is 6.35. The van der Waals surface area contributed by atoms with Crippen molar-refractivity contribution in [3.63, 3.8) is 0 Å². The molecule has 2 atom stereocenters. The zero-order chi connectivity index (χ0) is 17.0. The Morgan fingerprint density at radius 2 is 1.83 bits per heavy atom. The van der Waals surface area contributed by atoms with E-state index in [-0.39, 0.29) is 6.10 Å². The van der Waals surface area contributed by atoms with Crippen LogP contribution < -0.4 is 10.6 Å². The van der Waals surface area contributed by atoms with E-state index in [0.29, 0.717) is 23.6 Å². The van der Waals surface area contributed by atoms with Crippen LogP contribution in [0.5, 0.6) is 0 Å². The maximum Gasteiger partial charge on any atom is 0.191 e. The molecule has 0 bridgehead atoms. The molecule has 0 radical (unpaired) electrons. The standard InChI is InChI=1S/C19H35N3O2/c1-3-20-18(21-14-7-9-15(23)10-8-14)22-16-13-17(24-4-2)19(16)11-5-6-12-19/h14-17,23H,3-13H2,1-2H3,(H2,20,21,22). The molecule has 0 saturated heterocycles. The molecule has 0 aromatic heterocycles. The van der Waals surface area contributed by atoms with Gasteiger partial charge in [-0.2, -0.15) is 0 Å². The molecule has 0 aliphatic heterocycles. The van der Waals surface area contributed by atoms with Crippen LogP contribution in [0, 0.1) is 5.41 Å². The first-order chi connectivity index (χ1) is 11.7. The van der Waals surface area contributed by atoms with Gasteiger partial charge in [-0.15, -0.1) is 0 Å². The molecule has 0 aromatic rings. The maximum atomic E-state index is 9.69. The SMILES string of the molecule is CCN=C(NC1CCC(O)CC1)NC1CC(OCC)C12CCCC2. The number of ether oxygens (including phenoxy) is 1. The molecule has 3 fully saturated rings. The molecule has 5 heteroatoms. The number of hydrogen-bond acceptors (Lipinski definition) is 3. The molecule has 0 heterocycles. The summed E-state index contributed by atoms with van der Waals surface area (Å²) in [6.07, 6.45) is 10.5. The summed E-state index contributed by atoms with van der Waals surface area (Å²) < 4.78 is 6.02. The molecule has 138 valence electrons. The summed E-state index contributed by atoms with van der Waals surface area (Å²) in [5.41, 5.74) is 0.328. The lowest BCUT2D eigenvalue weighted by atomic mass is 9.60. The first-order valence-corrected chi connectivity index (χ1v) is 10.0. The molecule has 3 rings (SSSR count). The van der Waals surface area contributed by atoms with Gasteiger partial charge in [-0.25, -0.2) is 0 Å². The lowest BCUT2D eigenvalue weighted by molar-refractivity contribution is -0.125. The average molecular weight is 338 g/mol. The maximum absolute atomic E-state index is 9.69. The number of aliphatic hydroxyl groups is 1. The van der Waals surface area contributed by atoms with E-state index < -0.39 is 0 Å². The van der Waals surface area contributed by atoms with Crippen LogP contribution in [-0.4, -0.2) is 48.5 Å². The van der Waals surface area contributed by atoms with Crippen LogP contribution in [0.1, 0.15) is 71.6 Å². The predicted octanol–water partition coefficient (Wildman–Crippen LogP) is 2.58. The lowest BCUT2D eigenvalue weighted by Gasteiger charge is -2.54. The molecule has 3 aliphatic carbocycles. The summed E-state index contributed by atoms with van der Waals surface area (Å²) in [4.78, 5) is 4.68.